The number of hydrogen-bond donors (Lipinski definition) is 2. The first-order valence-corrected chi connectivity index (χ1v) is 9.88. The summed E-state index contributed by atoms with van der Waals surface area (Å²) in [5, 5.41) is 6.14. The molecule has 11 heteroatoms. The number of aromatic nitrogens is 2. The van der Waals surface area contributed by atoms with Gasteiger partial charge in [-0.3, -0.25) is 9.89 Å². The second-order valence-corrected chi connectivity index (χ2v) is 6.73. The number of carbonyl (C=O) groups excluding carboxylic acids is 1. The van der Waals surface area contributed by atoms with Gasteiger partial charge < -0.3 is 16.2 Å². The summed E-state index contributed by atoms with van der Waals surface area (Å²) < 4.78 is 19.0. The van der Waals surface area contributed by atoms with Crippen LogP contribution in [0.25, 0.3) is 0 Å². The lowest BCUT2D eigenvalue weighted by atomic mass is 10.1. The third-order valence-electron chi connectivity index (χ3n) is 4.87. The van der Waals surface area contributed by atoms with Crippen LogP contribution < -0.4 is 16.4 Å². The summed E-state index contributed by atoms with van der Waals surface area (Å²) in [4.78, 5) is 26.3. The maximum Gasteiger partial charge on any atom is 0.414 e. The number of allylic oxidation sites excluding steroid dienone is 1. The van der Waals surface area contributed by atoms with Crippen LogP contribution in [0.2, 0.25) is 0 Å². The number of carbonyl (C=O) groups is 1. The number of methoxy groups -OCH3 is 1. The van der Waals surface area contributed by atoms with Crippen molar-refractivity contribution in [3.8, 4) is 0 Å². The number of hydrogen-bond acceptors (Lipinski definition) is 8. The molecule has 0 unspecified atom stereocenters. The van der Waals surface area contributed by atoms with Crippen LogP contribution in [0.5, 0.6) is 0 Å². The van der Waals surface area contributed by atoms with Crippen molar-refractivity contribution in [1.29, 1.82) is 0 Å². The Morgan fingerprint density at radius 3 is 2.47 bits per heavy atom. The molecule has 0 atom stereocenters. The Morgan fingerprint density at radius 2 is 1.94 bits per heavy atom. The van der Waals surface area contributed by atoms with Gasteiger partial charge in [0.15, 0.2) is 23.3 Å². The van der Waals surface area contributed by atoms with Crippen molar-refractivity contribution in [1.82, 2.24) is 15.0 Å². The molecule has 2 aromatic rings. The van der Waals surface area contributed by atoms with E-state index in [1.807, 2.05) is 6.92 Å². The molecule has 0 fully saturated rings. The molecule has 32 heavy (non-hydrogen) atoms. The summed E-state index contributed by atoms with van der Waals surface area (Å²) in [6.07, 6.45) is 1.17. The SMILES string of the molecule is C/C=C1/C(c2nc(N)c(N(CC)C(=O)OC)c(N)n2)=NN(Cc2ccccc2F)C1=NC. The fourth-order valence-electron chi connectivity index (χ4n) is 3.39. The van der Waals surface area contributed by atoms with Gasteiger partial charge in [-0.15, -0.1) is 0 Å². The average molecular weight is 440 g/mol. The van der Waals surface area contributed by atoms with E-state index in [2.05, 4.69) is 20.1 Å². The molecule has 3 rings (SSSR count). The first kappa shape index (κ1) is 22.7. The minimum atomic E-state index is -0.633. The normalized spacial score (nSPS) is 15.9. The molecule has 0 radical (unpaired) electrons. The monoisotopic (exact) mass is 440 g/mol. The molecule has 2 heterocycles. The van der Waals surface area contributed by atoms with Gasteiger partial charge >= 0.3 is 6.09 Å². The zero-order valence-electron chi connectivity index (χ0n) is 18.3. The molecule has 0 aliphatic carbocycles. The number of ether oxygens (including phenoxy) is 1. The Hall–Kier alpha value is -4.02. The van der Waals surface area contributed by atoms with Gasteiger partial charge in [-0.2, -0.15) is 5.10 Å². The molecule has 1 aliphatic rings. The minimum Gasteiger partial charge on any atom is -0.452 e. The Kier molecular flexibility index (Phi) is 6.67. The van der Waals surface area contributed by atoms with E-state index in [0.29, 0.717) is 22.7 Å². The van der Waals surface area contributed by atoms with Crippen molar-refractivity contribution in [3.05, 3.63) is 53.1 Å². The van der Waals surface area contributed by atoms with Gasteiger partial charge in [0, 0.05) is 24.7 Å². The zero-order chi connectivity index (χ0) is 23.4. The molecule has 0 bridgehead atoms. The number of nitrogen functional groups attached to an aromatic ring is 2. The van der Waals surface area contributed by atoms with Crippen LogP contribution in [-0.2, 0) is 11.3 Å². The number of nitrogens with two attached hydrogens (primary N) is 2. The van der Waals surface area contributed by atoms with Crippen molar-refractivity contribution < 1.29 is 13.9 Å². The van der Waals surface area contributed by atoms with Crippen LogP contribution in [0.3, 0.4) is 0 Å². The third kappa shape index (κ3) is 4.09. The van der Waals surface area contributed by atoms with Crippen molar-refractivity contribution in [2.24, 2.45) is 10.1 Å². The van der Waals surface area contributed by atoms with Crippen molar-refractivity contribution in [3.63, 3.8) is 0 Å². The molecule has 10 nitrogen and oxygen atoms in total. The predicted octanol–water partition coefficient (Wildman–Crippen LogP) is 2.57. The van der Waals surface area contributed by atoms with Gasteiger partial charge in [0.2, 0.25) is 0 Å². The number of aliphatic imine (C=N–C) groups is 1. The molecule has 1 aromatic heterocycles. The number of nitrogens with zero attached hydrogens (tertiary/aromatic N) is 6. The van der Waals surface area contributed by atoms with Gasteiger partial charge in [0.1, 0.15) is 17.2 Å². The molecular formula is C21H25FN8O2. The molecular weight excluding hydrogens is 415 g/mol. The smallest absolute Gasteiger partial charge is 0.414 e. The van der Waals surface area contributed by atoms with Crippen LogP contribution in [0.4, 0.5) is 26.5 Å². The highest BCUT2D eigenvalue weighted by Gasteiger charge is 2.32. The third-order valence-corrected chi connectivity index (χ3v) is 4.87. The molecule has 1 amide bonds. The quantitative estimate of drug-likeness (QED) is 0.729. The van der Waals surface area contributed by atoms with Gasteiger partial charge in [0.05, 0.1) is 13.7 Å². The molecule has 0 saturated heterocycles. The Morgan fingerprint density at radius 1 is 1.28 bits per heavy atom. The highest BCUT2D eigenvalue weighted by molar-refractivity contribution is 6.31. The largest absolute Gasteiger partial charge is 0.452 e. The Bertz CT molecular complexity index is 1110. The summed E-state index contributed by atoms with van der Waals surface area (Å²) in [5.74, 6) is 0.348. The highest BCUT2D eigenvalue weighted by atomic mass is 19.1. The van der Waals surface area contributed by atoms with E-state index in [4.69, 9.17) is 16.2 Å². The summed E-state index contributed by atoms with van der Waals surface area (Å²) in [6.45, 7) is 3.98. The first-order valence-electron chi connectivity index (χ1n) is 9.88. The number of rotatable bonds is 5. The lowest BCUT2D eigenvalue weighted by Crippen LogP contribution is -2.32. The van der Waals surface area contributed by atoms with E-state index >= 15 is 0 Å². The average Bonchev–Trinajstić information content (AvgIpc) is 3.14. The lowest BCUT2D eigenvalue weighted by Gasteiger charge is -2.21. The second-order valence-electron chi connectivity index (χ2n) is 6.73. The van der Waals surface area contributed by atoms with Gasteiger partial charge in [-0.25, -0.2) is 24.2 Å². The second kappa shape index (κ2) is 9.41. The van der Waals surface area contributed by atoms with E-state index in [-0.39, 0.29) is 42.1 Å². The lowest BCUT2D eigenvalue weighted by molar-refractivity contribution is 0.179. The standard InChI is InChI=1S/C21H25FN8O2/c1-5-13-15(28-30(20(13)25-3)11-12-9-7-8-10-14(12)22)19-26-17(23)16(18(24)27-19)29(6-2)21(31)32-4/h5,7-10H,6,11H2,1-4H3,(H4,23,24,26,27)/b13-5-,25-20?. The number of anilines is 3. The van der Waals surface area contributed by atoms with E-state index in [0.717, 1.165) is 0 Å². The van der Waals surface area contributed by atoms with Crippen molar-refractivity contribution in [2.75, 3.05) is 37.1 Å². The molecule has 0 saturated carbocycles. The Labute approximate surface area is 185 Å². The van der Waals surface area contributed by atoms with E-state index in [9.17, 15) is 9.18 Å². The van der Waals surface area contributed by atoms with Crippen LogP contribution in [-0.4, -0.2) is 53.3 Å². The summed E-state index contributed by atoms with van der Waals surface area (Å²) in [5.41, 5.74) is 13.9. The molecule has 1 aromatic carbocycles. The van der Waals surface area contributed by atoms with Gasteiger partial charge in [-0.1, -0.05) is 24.3 Å². The summed E-state index contributed by atoms with van der Waals surface area (Å²) >= 11 is 0. The van der Waals surface area contributed by atoms with Crippen molar-refractivity contribution >= 4 is 35.0 Å². The highest BCUT2D eigenvalue weighted by Crippen LogP contribution is 2.30. The van der Waals surface area contributed by atoms with E-state index in [1.54, 1.807) is 43.3 Å². The van der Waals surface area contributed by atoms with Crippen LogP contribution >= 0.6 is 0 Å². The molecule has 168 valence electrons. The topological polar surface area (TPSA) is 135 Å². The first-order chi connectivity index (χ1) is 15.4. The number of hydrazone groups is 1. The van der Waals surface area contributed by atoms with Gasteiger partial charge in [-0.05, 0) is 19.9 Å². The van der Waals surface area contributed by atoms with E-state index in [1.165, 1.54) is 18.1 Å². The maximum absolute atomic E-state index is 14.2. The molecule has 0 spiro atoms. The maximum atomic E-state index is 14.2. The number of halogens is 1. The van der Waals surface area contributed by atoms with Crippen LogP contribution in [0, 0.1) is 5.82 Å². The number of benzene rings is 1. The van der Waals surface area contributed by atoms with Crippen LogP contribution in [0.15, 0.2) is 46.0 Å². The fraction of sp³-hybridized carbons (Fsp3) is 0.286. The number of amidine groups is 1. The summed E-state index contributed by atoms with van der Waals surface area (Å²) in [6, 6.07) is 6.44. The molecule has 4 N–H and O–H groups in total. The summed E-state index contributed by atoms with van der Waals surface area (Å²) in [7, 11) is 2.88. The zero-order valence-corrected chi connectivity index (χ0v) is 18.3. The fourth-order valence-corrected chi connectivity index (χ4v) is 3.39. The molecule has 1 aliphatic heterocycles. The minimum absolute atomic E-state index is 0.000411. The van der Waals surface area contributed by atoms with E-state index < -0.39 is 6.09 Å². The number of amides is 1. The van der Waals surface area contributed by atoms with Gasteiger partial charge in [0.25, 0.3) is 0 Å². The predicted molar refractivity (Wildman–Crippen MR) is 122 cm³/mol. The van der Waals surface area contributed by atoms with Crippen molar-refractivity contribution in [2.45, 2.75) is 20.4 Å². The van der Waals surface area contributed by atoms with Crippen LogP contribution in [0.1, 0.15) is 25.2 Å². The Balaban J connectivity index is 2.05.